The lowest BCUT2D eigenvalue weighted by Gasteiger charge is -2.15. The number of rotatable bonds is 4. The first kappa shape index (κ1) is 11.2. The van der Waals surface area contributed by atoms with Crippen LogP contribution in [0, 0.1) is 12.8 Å². The summed E-state index contributed by atoms with van der Waals surface area (Å²) in [4.78, 5) is 12.1. The molecule has 0 saturated heterocycles. The average molecular weight is 213 g/mol. The Kier molecular flexibility index (Phi) is 3.63. The third-order valence-corrected chi connectivity index (χ3v) is 3.66. The van der Waals surface area contributed by atoms with Crippen molar-refractivity contribution in [3.8, 4) is 0 Å². The Morgan fingerprint density at radius 2 is 2.21 bits per heavy atom. The van der Waals surface area contributed by atoms with Gasteiger partial charge in [0.05, 0.1) is 11.5 Å². The number of amides is 1. The molecular weight excluding hydrogens is 198 g/mol. The van der Waals surface area contributed by atoms with Gasteiger partial charge in [0, 0.05) is 4.90 Å². The van der Waals surface area contributed by atoms with Crippen molar-refractivity contribution in [2.75, 3.05) is 0 Å². The van der Waals surface area contributed by atoms with Crippen LogP contribution in [0.2, 0.25) is 0 Å². The van der Waals surface area contributed by atoms with Crippen LogP contribution in [0.4, 0.5) is 0 Å². The molecule has 1 rings (SSSR count). The summed E-state index contributed by atoms with van der Waals surface area (Å²) >= 11 is 1.47. The fourth-order valence-electron chi connectivity index (χ4n) is 1.16. The van der Waals surface area contributed by atoms with E-state index in [1.165, 1.54) is 11.8 Å². The largest absolute Gasteiger partial charge is 0.468 e. The van der Waals surface area contributed by atoms with Crippen molar-refractivity contribution in [2.24, 2.45) is 11.7 Å². The smallest absolute Gasteiger partial charge is 0.231 e. The van der Waals surface area contributed by atoms with Gasteiger partial charge in [0.25, 0.3) is 0 Å². The zero-order chi connectivity index (χ0) is 10.7. The number of primary amides is 1. The van der Waals surface area contributed by atoms with E-state index in [1.54, 1.807) is 6.26 Å². The minimum Gasteiger partial charge on any atom is -0.468 e. The van der Waals surface area contributed by atoms with Gasteiger partial charge in [-0.1, -0.05) is 13.8 Å². The maximum atomic E-state index is 11.1. The first-order chi connectivity index (χ1) is 6.52. The summed E-state index contributed by atoms with van der Waals surface area (Å²) in [6, 6.07) is 1.86. The summed E-state index contributed by atoms with van der Waals surface area (Å²) in [5, 5.41) is -0.189. The number of furan rings is 1. The molecule has 78 valence electrons. The lowest BCUT2D eigenvalue weighted by atomic mass is 10.1. The van der Waals surface area contributed by atoms with Gasteiger partial charge in [-0.15, -0.1) is 11.8 Å². The molecule has 0 bridgehead atoms. The minimum atomic E-state index is -0.273. The van der Waals surface area contributed by atoms with E-state index in [4.69, 9.17) is 10.2 Å². The standard InChI is InChI=1S/C10H15NO2S/c1-6(2)9(10(11)12)14-8-4-5-13-7(8)3/h4-6,9H,1-3H3,(H2,11,12)/t9-/m0/s1. The van der Waals surface area contributed by atoms with Gasteiger partial charge in [-0.05, 0) is 18.9 Å². The van der Waals surface area contributed by atoms with Crippen LogP contribution in [0.3, 0.4) is 0 Å². The second-order valence-electron chi connectivity index (χ2n) is 3.53. The number of thioether (sulfide) groups is 1. The van der Waals surface area contributed by atoms with Crippen LogP contribution in [-0.4, -0.2) is 11.2 Å². The van der Waals surface area contributed by atoms with Gasteiger partial charge < -0.3 is 10.2 Å². The lowest BCUT2D eigenvalue weighted by molar-refractivity contribution is -0.118. The van der Waals surface area contributed by atoms with Crippen LogP contribution >= 0.6 is 11.8 Å². The van der Waals surface area contributed by atoms with Crippen LogP contribution in [-0.2, 0) is 4.79 Å². The van der Waals surface area contributed by atoms with Crippen LogP contribution in [0.5, 0.6) is 0 Å². The highest BCUT2D eigenvalue weighted by molar-refractivity contribution is 8.00. The van der Waals surface area contributed by atoms with Crippen molar-refractivity contribution in [1.82, 2.24) is 0 Å². The molecule has 0 aliphatic carbocycles. The second kappa shape index (κ2) is 4.55. The molecule has 1 aromatic rings. The molecule has 4 heteroatoms. The maximum absolute atomic E-state index is 11.1. The first-order valence-corrected chi connectivity index (χ1v) is 5.40. The molecule has 0 spiro atoms. The Bertz CT molecular complexity index is 320. The summed E-state index contributed by atoms with van der Waals surface area (Å²) in [6.07, 6.45) is 1.62. The van der Waals surface area contributed by atoms with E-state index in [0.717, 1.165) is 10.7 Å². The van der Waals surface area contributed by atoms with Crippen molar-refractivity contribution in [2.45, 2.75) is 30.9 Å². The molecule has 1 heterocycles. The van der Waals surface area contributed by atoms with E-state index in [9.17, 15) is 4.79 Å². The number of carbonyl (C=O) groups excluding carboxylic acids is 1. The molecule has 1 aromatic heterocycles. The summed E-state index contributed by atoms with van der Waals surface area (Å²) in [6.45, 7) is 5.84. The summed E-state index contributed by atoms with van der Waals surface area (Å²) in [7, 11) is 0. The Morgan fingerprint density at radius 1 is 1.57 bits per heavy atom. The summed E-state index contributed by atoms with van der Waals surface area (Å²) < 4.78 is 5.15. The van der Waals surface area contributed by atoms with Gasteiger partial charge in [-0.25, -0.2) is 0 Å². The van der Waals surface area contributed by atoms with E-state index < -0.39 is 0 Å². The Balaban J connectivity index is 2.75. The topological polar surface area (TPSA) is 56.2 Å². The van der Waals surface area contributed by atoms with E-state index in [-0.39, 0.29) is 17.1 Å². The van der Waals surface area contributed by atoms with Crippen LogP contribution in [0.25, 0.3) is 0 Å². The molecule has 1 amide bonds. The molecule has 0 aliphatic rings. The number of aryl methyl sites for hydroxylation is 1. The fourth-order valence-corrected chi connectivity index (χ4v) is 2.17. The highest BCUT2D eigenvalue weighted by atomic mass is 32.2. The van der Waals surface area contributed by atoms with Crippen LogP contribution in [0.15, 0.2) is 21.6 Å². The molecule has 3 nitrogen and oxygen atoms in total. The van der Waals surface area contributed by atoms with E-state index in [2.05, 4.69) is 0 Å². The van der Waals surface area contributed by atoms with Crippen molar-refractivity contribution < 1.29 is 9.21 Å². The van der Waals surface area contributed by atoms with Crippen LogP contribution < -0.4 is 5.73 Å². The fraction of sp³-hybridized carbons (Fsp3) is 0.500. The predicted molar refractivity (Wildman–Crippen MR) is 57.1 cm³/mol. The number of hydrogen-bond acceptors (Lipinski definition) is 3. The number of hydrogen-bond donors (Lipinski definition) is 1. The molecule has 2 N–H and O–H groups in total. The monoisotopic (exact) mass is 213 g/mol. The maximum Gasteiger partial charge on any atom is 0.231 e. The quantitative estimate of drug-likeness (QED) is 0.780. The van der Waals surface area contributed by atoms with Crippen LogP contribution in [0.1, 0.15) is 19.6 Å². The molecule has 1 atom stereocenters. The van der Waals surface area contributed by atoms with Gasteiger partial charge in [-0.3, -0.25) is 4.79 Å². The molecular formula is C10H15NO2S. The van der Waals surface area contributed by atoms with Crippen molar-refractivity contribution in [3.63, 3.8) is 0 Å². The molecule has 0 radical (unpaired) electrons. The van der Waals surface area contributed by atoms with Gasteiger partial charge in [-0.2, -0.15) is 0 Å². The van der Waals surface area contributed by atoms with E-state index >= 15 is 0 Å². The second-order valence-corrected chi connectivity index (χ2v) is 4.71. The van der Waals surface area contributed by atoms with Crippen molar-refractivity contribution >= 4 is 17.7 Å². The van der Waals surface area contributed by atoms with Gasteiger partial charge >= 0.3 is 0 Å². The molecule has 0 saturated carbocycles. The third kappa shape index (κ3) is 2.54. The zero-order valence-electron chi connectivity index (χ0n) is 8.61. The Labute approximate surface area is 88.0 Å². The molecule has 0 unspecified atom stereocenters. The number of nitrogens with two attached hydrogens (primary N) is 1. The van der Waals surface area contributed by atoms with E-state index in [0.29, 0.717) is 0 Å². The number of carbonyl (C=O) groups is 1. The Morgan fingerprint density at radius 3 is 2.57 bits per heavy atom. The van der Waals surface area contributed by atoms with Crippen molar-refractivity contribution in [1.29, 1.82) is 0 Å². The van der Waals surface area contributed by atoms with E-state index in [1.807, 2.05) is 26.8 Å². The normalized spacial score (nSPS) is 13.1. The zero-order valence-corrected chi connectivity index (χ0v) is 9.43. The lowest BCUT2D eigenvalue weighted by Crippen LogP contribution is -2.30. The van der Waals surface area contributed by atoms with Gasteiger partial charge in [0.1, 0.15) is 5.76 Å². The molecule has 14 heavy (non-hydrogen) atoms. The summed E-state index contributed by atoms with van der Waals surface area (Å²) in [5.41, 5.74) is 5.31. The minimum absolute atomic E-state index is 0.189. The van der Waals surface area contributed by atoms with Crippen molar-refractivity contribution in [3.05, 3.63) is 18.1 Å². The highest BCUT2D eigenvalue weighted by Gasteiger charge is 2.22. The molecule has 0 aliphatic heterocycles. The van der Waals surface area contributed by atoms with Gasteiger partial charge in [0.2, 0.25) is 5.91 Å². The third-order valence-electron chi connectivity index (χ3n) is 1.95. The van der Waals surface area contributed by atoms with Gasteiger partial charge in [0.15, 0.2) is 0 Å². The Hall–Kier alpha value is -0.900. The molecule has 0 fully saturated rings. The molecule has 0 aromatic carbocycles. The average Bonchev–Trinajstić information content (AvgIpc) is 2.46. The first-order valence-electron chi connectivity index (χ1n) is 4.52. The predicted octanol–water partition coefficient (Wildman–Crippen LogP) is 2.19. The SMILES string of the molecule is Cc1occc1S[C@H](C(N)=O)C(C)C. The summed E-state index contributed by atoms with van der Waals surface area (Å²) in [5.74, 6) is 0.791. The highest BCUT2D eigenvalue weighted by Crippen LogP contribution is 2.30.